The summed E-state index contributed by atoms with van der Waals surface area (Å²) in [5.74, 6) is 0.451. The Hall–Kier alpha value is -3.26. The molecule has 0 atom stereocenters. The number of benzene rings is 2. The van der Waals surface area contributed by atoms with Crippen molar-refractivity contribution in [3.8, 4) is 16.3 Å². The van der Waals surface area contributed by atoms with Gasteiger partial charge in [-0.3, -0.25) is 14.9 Å². The topological polar surface area (TPSA) is 93.2 Å². The molecule has 2 amide bonds. The van der Waals surface area contributed by atoms with Gasteiger partial charge in [-0.05, 0) is 55.0 Å². The number of rotatable bonds is 8. The Morgan fingerprint density at radius 3 is 2.38 bits per heavy atom. The maximum atomic E-state index is 12.4. The van der Waals surface area contributed by atoms with E-state index >= 15 is 0 Å². The Balaban J connectivity index is 1.60. The molecular weight excluding hydrogens is 388 g/mol. The van der Waals surface area contributed by atoms with Crippen LogP contribution in [-0.4, -0.2) is 29.1 Å². The zero-order chi connectivity index (χ0) is 20.6. The molecule has 0 aliphatic rings. The third-order valence-corrected chi connectivity index (χ3v) is 5.06. The second kappa shape index (κ2) is 9.79. The molecule has 2 N–H and O–H groups in total. The molecule has 0 radical (unpaired) electrons. The van der Waals surface area contributed by atoms with Gasteiger partial charge in [0.2, 0.25) is 11.0 Å². The second-order valence-corrected chi connectivity index (χ2v) is 7.30. The summed E-state index contributed by atoms with van der Waals surface area (Å²) in [4.78, 5) is 24.2. The number of aromatic nitrogens is 2. The van der Waals surface area contributed by atoms with Crippen LogP contribution in [0.5, 0.6) is 5.75 Å². The summed E-state index contributed by atoms with van der Waals surface area (Å²) < 4.78 is 5.15. The van der Waals surface area contributed by atoms with Gasteiger partial charge in [-0.25, -0.2) is 0 Å². The minimum Gasteiger partial charge on any atom is -0.497 e. The number of carbonyl (C=O) groups excluding carboxylic acids is 2. The first-order valence-electron chi connectivity index (χ1n) is 9.28. The molecule has 0 unspecified atom stereocenters. The number of unbranched alkanes of at least 4 members (excludes halogenated alkanes) is 1. The number of hydrogen-bond donors (Lipinski definition) is 2. The molecule has 29 heavy (non-hydrogen) atoms. The molecule has 0 saturated carbocycles. The first-order valence-corrected chi connectivity index (χ1v) is 10.1. The summed E-state index contributed by atoms with van der Waals surface area (Å²) in [5, 5.41) is 14.9. The molecule has 0 saturated heterocycles. The van der Waals surface area contributed by atoms with E-state index in [1.807, 2.05) is 31.2 Å². The summed E-state index contributed by atoms with van der Waals surface area (Å²) in [6, 6.07) is 14.2. The summed E-state index contributed by atoms with van der Waals surface area (Å²) in [7, 11) is 1.61. The number of amides is 2. The van der Waals surface area contributed by atoms with E-state index in [1.54, 1.807) is 31.4 Å². The summed E-state index contributed by atoms with van der Waals surface area (Å²) in [5.41, 5.74) is 2.03. The van der Waals surface area contributed by atoms with Crippen LogP contribution in [0, 0.1) is 0 Å². The number of carbonyl (C=O) groups is 2. The fourth-order valence-electron chi connectivity index (χ4n) is 2.56. The van der Waals surface area contributed by atoms with Crippen molar-refractivity contribution in [3.63, 3.8) is 0 Å². The van der Waals surface area contributed by atoms with Crippen molar-refractivity contribution >= 4 is 34.0 Å². The van der Waals surface area contributed by atoms with Crippen molar-refractivity contribution in [2.24, 2.45) is 0 Å². The van der Waals surface area contributed by atoms with Crippen LogP contribution in [0.3, 0.4) is 0 Å². The number of ether oxygens (including phenoxy) is 1. The largest absolute Gasteiger partial charge is 0.497 e. The molecule has 1 aromatic heterocycles. The highest BCUT2D eigenvalue weighted by Crippen LogP contribution is 2.28. The molecule has 150 valence electrons. The lowest BCUT2D eigenvalue weighted by Gasteiger charge is -2.06. The van der Waals surface area contributed by atoms with E-state index in [-0.39, 0.29) is 11.8 Å². The normalized spacial score (nSPS) is 10.4. The van der Waals surface area contributed by atoms with E-state index in [0.717, 1.165) is 24.2 Å². The maximum absolute atomic E-state index is 12.4. The molecule has 2 aromatic carbocycles. The Morgan fingerprint density at radius 1 is 1.00 bits per heavy atom. The Labute approximate surface area is 173 Å². The zero-order valence-corrected chi connectivity index (χ0v) is 17.1. The number of nitrogens with zero attached hydrogens (tertiary/aromatic N) is 2. The SMILES string of the molecule is CCCCC(=O)Nc1ccc(C(=O)Nc2nnc(-c3ccc(OC)cc3)s2)cc1. The zero-order valence-electron chi connectivity index (χ0n) is 16.3. The first-order chi connectivity index (χ1) is 14.1. The molecule has 0 aliphatic heterocycles. The fraction of sp³-hybridized carbons (Fsp3) is 0.238. The molecule has 1 heterocycles. The minimum atomic E-state index is -0.286. The highest BCUT2D eigenvalue weighted by molar-refractivity contribution is 7.18. The van der Waals surface area contributed by atoms with Gasteiger partial charge in [0, 0.05) is 23.2 Å². The number of hydrogen-bond acceptors (Lipinski definition) is 6. The van der Waals surface area contributed by atoms with Gasteiger partial charge in [-0.2, -0.15) is 0 Å². The lowest BCUT2D eigenvalue weighted by molar-refractivity contribution is -0.116. The predicted octanol–water partition coefficient (Wildman–Crippen LogP) is 4.59. The molecule has 7 nitrogen and oxygen atoms in total. The van der Waals surface area contributed by atoms with Crippen LogP contribution in [-0.2, 0) is 4.79 Å². The predicted molar refractivity (Wildman–Crippen MR) is 114 cm³/mol. The minimum absolute atomic E-state index is 0.0241. The van der Waals surface area contributed by atoms with E-state index in [2.05, 4.69) is 20.8 Å². The van der Waals surface area contributed by atoms with E-state index < -0.39 is 0 Å². The van der Waals surface area contributed by atoms with Gasteiger partial charge < -0.3 is 10.1 Å². The van der Waals surface area contributed by atoms with Gasteiger partial charge in [-0.1, -0.05) is 24.7 Å². The van der Waals surface area contributed by atoms with Crippen LogP contribution < -0.4 is 15.4 Å². The number of nitrogens with one attached hydrogen (secondary N) is 2. The van der Waals surface area contributed by atoms with Crippen molar-refractivity contribution in [1.29, 1.82) is 0 Å². The lowest BCUT2D eigenvalue weighted by Crippen LogP contribution is -2.13. The lowest BCUT2D eigenvalue weighted by atomic mass is 10.2. The third-order valence-electron chi connectivity index (χ3n) is 4.17. The van der Waals surface area contributed by atoms with Crippen molar-refractivity contribution in [2.75, 3.05) is 17.7 Å². The van der Waals surface area contributed by atoms with Gasteiger partial charge in [-0.15, -0.1) is 10.2 Å². The van der Waals surface area contributed by atoms with E-state index in [0.29, 0.717) is 27.8 Å². The van der Waals surface area contributed by atoms with Crippen LogP contribution in [0.4, 0.5) is 10.8 Å². The van der Waals surface area contributed by atoms with Gasteiger partial charge in [0.15, 0.2) is 0 Å². The molecule has 0 fully saturated rings. The monoisotopic (exact) mass is 410 g/mol. The van der Waals surface area contributed by atoms with Crippen LogP contribution in [0.1, 0.15) is 36.5 Å². The van der Waals surface area contributed by atoms with Crippen LogP contribution >= 0.6 is 11.3 Å². The molecule has 0 aliphatic carbocycles. The van der Waals surface area contributed by atoms with Crippen molar-refractivity contribution in [3.05, 3.63) is 54.1 Å². The summed E-state index contributed by atoms with van der Waals surface area (Å²) >= 11 is 1.29. The average molecular weight is 410 g/mol. The highest BCUT2D eigenvalue weighted by Gasteiger charge is 2.12. The van der Waals surface area contributed by atoms with Gasteiger partial charge >= 0.3 is 0 Å². The quantitative estimate of drug-likeness (QED) is 0.566. The van der Waals surface area contributed by atoms with Gasteiger partial charge in [0.1, 0.15) is 10.8 Å². The van der Waals surface area contributed by atoms with E-state index in [9.17, 15) is 9.59 Å². The first kappa shape index (κ1) is 20.5. The highest BCUT2D eigenvalue weighted by atomic mass is 32.1. The van der Waals surface area contributed by atoms with E-state index in [1.165, 1.54) is 11.3 Å². The molecular formula is C21H22N4O3S. The third kappa shape index (κ3) is 5.61. The number of methoxy groups -OCH3 is 1. The Kier molecular flexibility index (Phi) is 6.91. The molecule has 8 heteroatoms. The van der Waals surface area contributed by atoms with Crippen LogP contribution in [0.25, 0.3) is 10.6 Å². The summed E-state index contributed by atoms with van der Waals surface area (Å²) in [6.07, 6.45) is 2.32. The van der Waals surface area contributed by atoms with Gasteiger partial charge in [0.25, 0.3) is 5.91 Å². The van der Waals surface area contributed by atoms with E-state index in [4.69, 9.17) is 4.74 Å². The van der Waals surface area contributed by atoms with Crippen molar-refractivity contribution in [2.45, 2.75) is 26.2 Å². The second-order valence-electron chi connectivity index (χ2n) is 6.32. The van der Waals surface area contributed by atoms with Crippen molar-refractivity contribution < 1.29 is 14.3 Å². The standard InChI is InChI=1S/C21H22N4O3S/c1-3-4-5-18(26)22-16-10-6-14(7-11-16)19(27)23-21-25-24-20(29-21)15-8-12-17(28-2)13-9-15/h6-13H,3-5H2,1-2H3,(H,22,26)(H,23,25,27). The van der Waals surface area contributed by atoms with Crippen LogP contribution in [0.15, 0.2) is 48.5 Å². The fourth-order valence-corrected chi connectivity index (χ4v) is 3.30. The Morgan fingerprint density at radius 2 is 1.72 bits per heavy atom. The molecule has 0 bridgehead atoms. The average Bonchev–Trinajstić information content (AvgIpc) is 3.21. The smallest absolute Gasteiger partial charge is 0.257 e. The summed E-state index contributed by atoms with van der Waals surface area (Å²) in [6.45, 7) is 2.04. The Bertz CT molecular complexity index is 968. The maximum Gasteiger partial charge on any atom is 0.257 e. The van der Waals surface area contributed by atoms with Crippen molar-refractivity contribution in [1.82, 2.24) is 10.2 Å². The molecule has 3 aromatic rings. The van der Waals surface area contributed by atoms with Gasteiger partial charge in [0.05, 0.1) is 7.11 Å². The molecule has 0 spiro atoms. The molecule has 3 rings (SSSR count). The number of anilines is 2. The van der Waals surface area contributed by atoms with Crippen LogP contribution in [0.2, 0.25) is 0 Å².